The summed E-state index contributed by atoms with van der Waals surface area (Å²) in [5.74, 6) is 2.12. The number of thioether (sulfide) groups is 1. The lowest BCUT2D eigenvalue weighted by molar-refractivity contribution is -0.132. The summed E-state index contributed by atoms with van der Waals surface area (Å²) >= 11 is 1.80. The molecule has 1 heterocycles. The Bertz CT molecular complexity index is 169. The number of likely N-dealkylation sites (N-methyl/N-ethyl adjacent to an activating group) is 1. The van der Waals surface area contributed by atoms with Crippen LogP contribution in [0.4, 0.5) is 0 Å². The molecule has 1 atom stereocenters. The summed E-state index contributed by atoms with van der Waals surface area (Å²) < 4.78 is 0. The first-order chi connectivity index (χ1) is 6.29. The normalized spacial score (nSPS) is 21.8. The van der Waals surface area contributed by atoms with E-state index >= 15 is 0 Å². The molecule has 1 rings (SSSR count). The number of hydrogen-bond donors (Lipinski definition) is 1. The fourth-order valence-electron chi connectivity index (χ4n) is 1.47. The number of rotatable bonds is 4. The van der Waals surface area contributed by atoms with E-state index in [1.807, 2.05) is 11.8 Å². The molecule has 1 aliphatic heterocycles. The molecule has 76 valence electrons. The number of amides is 1. The van der Waals surface area contributed by atoms with Gasteiger partial charge < -0.3 is 4.90 Å². The van der Waals surface area contributed by atoms with Gasteiger partial charge in [-0.15, -0.1) is 11.8 Å². The van der Waals surface area contributed by atoms with Gasteiger partial charge in [0.2, 0.25) is 5.91 Å². The van der Waals surface area contributed by atoms with E-state index in [4.69, 9.17) is 0 Å². The van der Waals surface area contributed by atoms with Gasteiger partial charge in [-0.1, -0.05) is 6.92 Å². The summed E-state index contributed by atoms with van der Waals surface area (Å²) in [4.78, 5) is 13.8. The average Bonchev–Trinajstić information content (AvgIpc) is 2.65. The van der Waals surface area contributed by atoms with Crippen LogP contribution >= 0.6 is 11.8 Å². The predicted octanol–water partition coefficient (Wildman–Crippen LogP) is 0.907. The van der Waals surface area contributed by atoms with Crippen LogP contribution in [-0.4, -0.2) is 41.6 Å². The number of carbonyl (C=O) groups is 1. The molecule has 1 fully saturated rings. The maximum Gasteiger partial charge on any atom is 0.240 e. The van der Waals surface area contributed by atoms with Gasteiger partial charge in [0.15, 0.2) is 0 Å². The molecule has 1 saturated heterocycles. The number of hydrogen-bond acceptors (Lipinski definition) is 3. The third-order valence-corrected chi connectivity index (χ3v) is 3.14. The molecular formula is C9H18N2OS. The van der Waals surface area contributed by atoms with Crippen LogP contribution in [0.1, 0.15) is 20.3 Å². The summed E-state index contributed by atoms with van der Waals surface area (Å²) in [5, 5.41) is 3.20. The van der Waals surface area contributed by atoms with Crippen molar-refractivity contribution >= 4 is 17.7 Å². The highest BCUT2D eigenvalue weighted by Crippen LogP contribution is 2.11. The van der Waals surface area contributed by atoms with Gasteiger partial charge in [0, 0.05) is 24.7 Å². The van der Waals surface area contributed by atoms with Crippen molar-refractivity contribution in [2.45, 2.75) is 26.3 Å². The van der Waals surface area contributed by atoms with E-state index in [0.717, 1.165) is 31.1 Å². The Hall–Kier alpha value is -0.220. The van der Waals surface area contributed by atoms with Crippen LogP contribution in [0.5, 0.6) is 0 Å². The van der Waals surface area contributed by atoms with E-state index in [2.05, 4.69) is 12.2 Å². The fraction of sp³-hybridized carbons (Fsp3) is 0.889. The number of carbonyl (C=O) groups excluding carboxylic acids is 1. The second-order valence-corrected chi connectivity index (χ2v) is 4.22. The van der Waals surface area contributed by atoms with Crippen LogP contribution < -0.4 is 5.32 Å². The average molecular weight is 202 g/mol. The molecule has 0 bridgehead atoms. The van der Waals surface area contributed by atoms with E-state index in [1.54, 1.807) is 11.8 Å². The molecule has 1 aliphatic rings. The van der Waals surface area contributed by atoms with Crippen molar-refractivity contribution in [2.75, 3.05) is 24.7 Å². The van der Waals surface area contributed by atoms with E-state index in [0.29, 0.717) is 0 Å². The fourth-order valence-corrected chi connectivity index (χ4v) is 2.40. The molecule has 0 aliphatic carbocycles. The SMILES string of the molecule is CCCN(CC)C(=O)C1CSCN1. The Morgan fingerprint density at radius 3 is 2.85 bits per heavy atom. The maximum absolute atomic E-state index is 11.8. The lowest BCUT2D eigenvalue weighted by Gasteiger charge is -2.23. The molecule has 0 radical (unpaired) electrons. The van der Waals surface area contributed by atoms with Gasteiger partial charge in [0.1, 0.15) is 0 Å². The first kappa shape index (κ1) is 10.9. The molecule has 0 saturated carbocycles. The van der Waals surface area contributed by atoms with E-state index in [-0.39, 0.29) is 11.9 Å². The summed E-state index contributed by atoms with van der Waals surface area (Å²) in [6, 6.07) is 0.0662. The smallest absolute Gasteiger partial charge is 0.240 e. The second kappa shape index (κ2) is 5.50. The van der Waals surface area contributed by atoms with Crippen molar-refractivity contribution < 1.29 is 4.79 Å². The molecular weight excluding hydrogens is 184 g/mol. The minimum absolute atomic E-state index is 0.0662. The van der Waals surface area contributed by atoms with Crippen LogP contribution in [-0.2, 0) is 4.79 Å². The standard InChI is InChI=1S/C9H18N2OS/c1-3-5-11(4-2)9(12)8-6-13-7-10-8/h8,10H,3-7H2,1-2H3. The second-order valence-electron chi connectivity index (χ2n) is 3.19. The molecule has 3 nitrogen and oxygen atoms in total. The largest absolute Gasteiger partial charge is 0.342 e. The van der Waals surface area contributed by atoms with Gasteiger partial charge in [0.25, 0.3) is 0 Å². The zero-order valence-electron chi connectivity index (χ0n) is 8.38. The first-order valence-corrected chi connectivity index (χ1v) is 6.05. The van der Waals surface area contributed by atoms with Crippen molar-refractivity contribution in [1.29, 1.82) is 0 Å². The molecule has 1 amide bonds. The van der Waals surface area contributed by atoms with Crippen LogP contribution in [0, 0.1) is 0 Å². The Morgan fingerprint density at radius 2 is 2.38 bits per heavy atom. The summed E-state index contributed by atoms with van der Waals surface area (Å²) in [7, 11) is 0. The summed E-state index contributed by atoms with van der Waals surface area (Å²) in [6.45, 7) is 5.86. The zero-order valence-corrected chi connectivity index (χ0v) is 9.19. The Kier molecular flexibility index (Phi) is 4.59. The molecule has 0 aromatic carbocycles. The Morgan fingerprint density at radius 1 is 1.62 bits per heavy atom. The highest BCUT2D eigenvalue weighted by molar-refractivity contribution is 7.99. The highest BCUT2D eigenvalue weighted by Gasteiger charge is 2.25. The predicted molar refractivity (Wildman–Crippen MR) is 56.8 cm³/mol. The molecule has 13 heavy (non-hydrogen) atoms. The van der Waals surface area contributed by atoms with Crippen molar-refractivity contribution in [2.24, 2.45) is 0 Å². The van der Waals surface area contributed by atoms with E-state index in [1.165, 1.54) is 0 Å². The number of nitrogens with one attached hydrogen (secondary N) is 1. The van der Waals surface area contributed by atoms with Gasteiger partial charge in [-0.2, -0.15) is 0 Å². The minimum atomic E-state index is 0.0662. The van der Waals surface area contributed by atoms with Crippen molar-refractivity contribution in [3.05, 3.63) is 0 Å². The lowest BCUT2D eigenvalue weighted by atomic mass is 10.2. The molecule has 4 heteroatoms. The number of nitrogens with zero attached hydrogens (tertiary/aromatic N) is 1. The van der Waals surface area contributed by atoms with Gasteiger partial charge in [-0.25, -0.2) is 0 Å². The van der Waals surface area contributed by atoms with Crippen LogP contribution in [0.25, 0.3) is 0 Å². The highest BCUT2D eigenvalue weighted by atomic mass is 32.2. The quantitative estimate of drug-likeness (QED) is 0.735. The third-order valence-electron chi connectivity index (χ3n) is 2.20. The summed E-state index contributed by atoms with van der Waals surface area (Å²) in [5.41, 5.74) is 0. The first-order valence-electron chi connectivity index (χ1n) is 4.89. The van der Waals surface area contributed by atoms with Gasteiger partial charge in [-0.05, 0) is 13.3 Å². The van der Waals surface area contributed by atoms with Crippen LogP contribution in [0.15, 0.2) is 0 Å². The zero-order chi connectivity index (χ0) is 9.68. The van der Waals surface area contributed by atoms with E-state index in [9.17, 15) is 4.79 Å². The van der Waals surface area contributed by atoms with Gasteiger partial charge in [0.05, 0.1) is 6.04 Å². The topological polar surface area (TPSA) is 32.3 Å². The van der Waals surface area contributed by atoms with Crippen LogP contribution in [0.3, 0.4) is 0 Å². The maximum atomic E-state index is 11.8. The third kappa shape index (κ3) is 2.88. The summed E-state index contributed by atoms with van der Waals surface area (Å²) in [6.07, 6.45) is 1.04. The molecule has 0 spiro atoms. The van der Waals surface area contributed by atoms with Crippen LogP contribution in [0.2, 0.25) is 0 Å². The monoisotopic (exact) mass is 202 g/mol. The molecule has 0 aromatic rings. The molecule has 0 aromatic heterocycles. The van der Waals surface area contributed by atoms with Crippen molar-refractivity contribution in [3.8, 4) is 0 Å². The van der Waals surface area contributed by atoms with E-state index < -0.39 is 0 Å². The Balaban J connectivity index is 2.42. The molecule has 1 N–H and O–H groups in total. The molecule has 1 unspecified atom stereocenters. The van der Waals surface area contributed by atoms with Crippen molar-refractivity contribution in [3.63, 3.8) is 0 Å². The lowest BCUT2D eigenvalue weighted by Crippen LogP contribution is -2.45. The van der Waals surface area contributed by atoms with Gasteiger partial charge in [-0.3, -0.25) is 10.1 Å². The Labute approximate surface area is 84.2 Å². The van der Waals surface area contributed by atoms with Gasteiger partial charge >= 0.3 is 0 Å². The minimum Gasteiger partial charge on any atom is -0.342 e. The van der Waals surface area contributed by atoms with Crippen molar-refractivity contribution in [1.82, 2.24) is 10.2 Å².